The number of carboxylic acids is 1. The van der Waals surface area contributed by atoms with E-state index in [1.165, 1.54) is 23.1 Å². The second-order valence-corrected chi connectivity index (χ2v) is 14.2. The number of amides is 2. The van der Waals surface area contributed by atoms with Crippen LogP contribution in [0.1, 0.15) is 59.9 Å². The molecule has 0 spiro atoms. The second-order valence-electron chi connectivity index (χ2n) is 13.4. The van der Waals surface area contributed by atoms with Crippen LogP contribution < -0.4 is 14.4 Å². The van der Waals surface area contributed by atoms with E-state index in [4.69, 9.17) is 42.1 Å². The number of fused-ring (bicyclic) bond motifs is 1. The highest BCUT2D eigenvalue weighted by molar-refractivity contribution is 6.39. The van der Waals surface area contributed by atoms with E-state index in [-0.39, 0.29) is 46.1 Å². The van der Waals surface area contributed by atoms with Crippen molar-refractivity contribution in [2.45, 2.75) is 51.9 Å². The highest BCUT2D eigenvalue weighted by Gasteiger charge is 2.32. The van der Waals surface area contributed by atoms with Gasteiger partial charge in [-0.1, -0.05) is 41.4 Å². The summed E-state index contributed by atoms with van der Waals surface area (Å²) in [6, 6.07) is 10.8. The van der Waals surface area contributed by atoms with Gasteiger partial charge in [0.25, 0.3) is 5.91 Å². The third kappa shape index (κ3) is 7.72. The van der Waals surface area contributed by atoms with Gasteiger partial charge in [0.2, 0.25) is 0 Å². The van der Waals surface area contributed by atoms with Gasteiger partial charge in [-0.2, -0.15) is 0 Å². The van der Waals surface area contributed by atoms with Crippen LogP contribution in [0.25, 0.3) is 11.1 Å². The van der Waals surface area contributed by atoms with E-state index >= 15 is 4.39 Å². The number of piperidine rings is 1. The van der Waals surface area contributed by atoms with E-state index in [9.17, 15) is 19.5 Å². The Morgan fingerprint density at radius 2 is 1.70 bits per heavy atom. The maximum Gasteiger partial charge on any atom is 0.410 e. The third-order valence-electron chi connectivity index (χ3n) is 8.63. The molecule has 0 aliphatic carbocycles. The Hall–Kier alpha value is -4.26. The summed E-state index contributed by atoms with van der Waals surface area (Å²) < 4.78 is 38.7. The van der Waals surface area contributed by atoms with Gasteiger partial charge in [0.05, 0.1) is 53.2 Å². The number of hydrogen-bond acceptors (Lipinski definition) is 8. The van der Waals surface area contributed by atoms with E-state index < -0.39 is 29.4 Å². The molecule has 11 nitrogen and oxygen atoms in total. The first-order valence-corrected chi connectivity index (χ1v) is 17.1. The van der Waals surface area contributed by atoms with Crippen LogP contribution in [0.4, 0.5) is 14.9 Å². The van der Waals surface area contributed by atoms with Crippen molar-refractivity contribution in [2.75, 3.05) is 51.0 Å². The maximum absolute atomic E-state index is 15.5. The molecule has 1 N–H and O–H groups in total. The molecule has 1 atom stereocenters. The molecule has 2 saturated heterocycles. The quantitative estimate of drug-likeness (QED) is 0.283. The average molecular weight is 731 g/mol. The summed E-state index contributed by atoms with van der Waals surface area (Å²) in [6.45, 7) is 8.10. The molecule has 2 amide bonds. The van der Waals surface area contributed by atoms with E-state index in [1.807, 2.05) is 25.7 Å². The number of likely N-dealkylation sites (tertiary alicyclic amines) is 1. The van der Waals surface area contributed by atoms with Crippen molar-refractivity contribution in [3.63, 3.8) is 0 Å². The van der Waals surface area contributed by atoms with Crippen LogP contribution in [0, 0.1) is 5.82 Å². The number of benzene rings is 3. The number of hydrogen-bond donors (Lipinski definition) is 1. The van der Waals surface area contributed by atoms with Gasteiger partial charge in [-0.05, 0) is 57.9 Å². The van der Waals surface area contributed by atoms with Crippen LogP contribution >= 0.6 is 23.2 Å². The molecule has 0 bridgehead atoms. The number of carbonyl (C=O) groups excluding carboxylic acids is 2. The lowest BCUT2D eigenvalue weighted by atomic mass is 9.97. The highest BCUT2D eigenvalue weighted by atomic mass is 35.5. The summed E-state index contributed by atoms with van der Waals surface area (Å²) in [7, 11) is 0. The molecule has 3 heterocycles. The Kier molecular flexibility index (Phi) is 10.3. The summed E-state index contributed by atoms with van der Waals surface area (Å²) >= 11 is 13.2. The molecule has 1 unspecified atom stereocenters. The topological polar surface area (TPSA) is 118 Å². The number of anilines is 1. The van der Waals surface area contributed by atoms with Crippen LogP contribution in [-0.4, -0.2) is 90.7 Å². The van der Waals surface area contributed by atoms with Gasteiger partial charge < -0.3 is 38.8 Å². The molecule has 266 valence electrons. The molecule has 2 fully saturated rings. The molecular weight excluding hydrogens is 692 g/mol. The minimum Gasteiger partial charge on any atom is -0.488 e. The Morgan fingerprint density at radius 3 is 2.38 bits per heavy atom. The fourth-order valence-corrected chi connectivity index (χ4v) is 6.95. The summed E-state index contributed by atoms with van der Waals surface area (Å²) in [5, 5.41) is 9.99. The second kappa shape index (κ2) is 14.5. The fourth-order valence-electron chi connectivity index (χ4n) is 6.32. The Labute approximate surface area is 299 Å². The molecule has 3 aliphatic rings. The summed E-state index contributed by atoms with van der Waals surface area (Å²) in [4.78, 5) is 43.3. The summed E-state index contributed by atoms with van der Waals surface area (Å²) in [5.41, 5.74) is 0.958. The van der Waals surface area contributed by atoms with E-state index in [0.29, 0.717) is 74.1 Å². The SMILES string of the molecule is CC(C)(C)OC(=O)N1CCCC(Oc2cc(Cl)c(C(=O)N3COc4c(cccc4-c4cc(N5CCOCC5)c(C(=O)O)cc4F)C3)c(Cl)c2)C1. The zero-order valence-electron chi connectivity index (χ0n) is 28.0. The standard InChI is InChI=1S/C36H38Cl2FN3O8/c1-36(2,3)50-35(46)41-9-5-7-22(19-41)49-23-14-27(37)31(28(38)15-23)33(43)42-18-21-6-4-8-24(32(21)48-20-42)25-17-30(40-10-12-47-13-11-40)26(34(44)45)16-29(25)39/h4,6,8,14-17,22H,5,7,9-13,18-20H2,1-3H3,(H,44,45). The monoisotopic (exact) mass is 729 g/mol. The molecule has 50 heavy (non-hydrogen) atoms. The first-order chi connectivity index (χ1) is 23.8. The minimum atomic E-state index is -1.23. The van der Waals surface area contributed by atoms with Crippen LogP contribution in [0.2, 0.25) is 10.0 Å². The first kappa shape index (κ1) is 35.6. The van der Waals surface area contributed by atoms with Gasteiger partial charge >= 0.3 is 12.1 Å². The lowest BCUT2D eigenvalue weighted by Gasteiger charge is -2.34. The van der Waals surface area contributed by atoms with Crippen LogP contribution in [-0.2, 0) is 16.0 Å². The highest BCUT2D eigenvalue weighted by Crippen LogP contribution is 2.41. The summed E-state index contributed by atoms with van der Waals surface area (Å²) in [6.07, 6.45) is 0.722. The van der Waals surface area contributed by atoms with Crippen molar-refractivity contribution in [1.82, 2.24) is 9.80 Å². The molecule has 6 rings (SSSR count). The number of rotatable bonds is 6. The number of aromatic carboxylic acids is 1. The number of morpholine rings is 1. The number of carbonyl (C=O) groups is 3. The number of nitrogens with zero attached hydrogens (tertiary/aromatic N) is 3. The molecule has 0 aromatic heterocycles. The van der Waals surface area contributed by atoms with E-state index in [0.717, 1.165) is 12.5 Å². The molecule has 3 aromatic carbocycles. The van der Waals surface area contributed by atoms with Crippen LogP contribution in [0.15, 0.2) is 42.5 Å². The number of ether oxygens (including phenoxy) is 4. The molecule has 0 saturated carbocycles. The fraction of sp³-hybridized carbons (Fsp3) is 0.417. The molecule has 3 aliphatic heterocycles. The van der Waals surface area contributed by atoms with Gasteiger partial charge in [0.1, 0.15) is 29.0 Å². The normalized spacial score (nSPS) is 17.9. The Bertz CT molecular complexity index is 1790. The lowest BCUT2D eigenvalue weighted by Crippen LogP contribution is -2.46. The number of carboxylic acid groups (broad SMARTS) is 1. The number of halogens is 3. The smallest absolute Gasteiger partial charge is 0.410 e. The van der Waals surface area contributed by atoms with Crippen molar-refractivity contribution < 1.29 is 42.8 Å². The van der Waals surface area contributed by atoms with Gasteiger partial charge in [-0.15, -0.1) is 0 Å². The van der Waals surface area contributed by atoms with Gasteiger partial charge in [-0.3, -0.25) is 4.79 Å². The maximum atomic E-state index is 15.5. The van der Waals surface area contributed by atoms with E-state index in [1.54, 1.807) is 23.1 Å². The van der Waals surface area contributed by atoms with Gasteiger partial charge in [0.15, 0.2) is 6.73 Å². The van der Waals surface area contributed by atoms with Crippen molar-refractivity contribution in [1.29, 1.82) is 0 Å². The summed E-state index contributed by atoms with van der Waals surface area (Å²) in [5.74, 6) is -1.65. The number of para-hydroxylation sites is 1. The molecule has 3 aromatic rings. The Balaban J connectivity index is 1.19. The largest absolute Gasteiger partial charge is 0.488 e. The zero-order valence-corrected chi connectivity index (χ0v) is 29.5. The van der Waals surface area contributed by atoms with Crippen molar-refractivity contribution in [3.05, 3.63) is 75.0 Å². The molecule has 14 heteroatoms. The lowest BCUT2D eigenvalue weighted by molar-refractivity contribution is 0.00772. The van der Waals surface area contributed by atoms with E-state index in [2.05, 4.69) is 0 Å². The van der Waals surface area contributed by atoms with Gasteiger partial charge in [-0.25, -0.2) is 14.0 Å². The zero-order chi connectivity index (χ0) is 35.7. The van der Waals surface area contributed by atoms with Crippen LogP contribution in [0.5, 0.6) is 11.5 Å². The van der Waals surface area contributed by atoms with Crippen molar-refractivity contribution in [3.8, 4) is 22.6 Å². The third-order valence-corrected chi connectivity index (χ3v) is 9.23. The Morgan fingerprint density at radius 1 is 0.980 bits per heavy atom. The average Bonchev–Trinajstić information content (AvgIpc) is 3.07. The minimum absolute atomic E-state index is 0.0772. The van der Waals surface area contributed by atoms with Crippen molar-refractivity contribution in [2.24, 2.45) is 0 Å². The van der Waals surface area contributed by atoms with Crippen LogP contribution in [0.3, 0.4) is 0 Å². The molecule has 0 radical (unpaired) electrons. The predicted octanol–water partition coefficient (Wildman–Crippen LogP) is 7.10. The first-order valence-electron chi connectivity index (χ1n) is 16.4. The van der Waals surface area contributed by atoms with Crippen molar-refractivity contribution >= 4 is 46.9 Å². The van der Waals surface area contributed by atoms with Gasteiger partial charge in [0, 0.05) is 36.3 Å². The predicted molar refractivity (Wildman–Crippen MR) is 185 cm³/mol. The molecular formula is C36H38Cl2FN3O8.